The van der Waals surface area contributed by atoms with Gasteiger partial charge in [-0.05, 0) is 74.9 Å². The van der Waals surface area contributed by atoms with Crippen LogP contribution < -0.4 is 9.80 Å². The normalized spacial score (nSPS) is 14.8. The molecule has 4 aromatic rings. The number of carbonyl (C=O) groups is 3. The summed E-state index contributed by atoms with van der Waals surface area (Å²) < 4.78 is 1.88. The molecule has 1 aliphatic rings. The molecule has 0 aliphatic carbocycles. The maximum absolute atomic E-state index is 13.7. The average molecular weight is 521 g/mol. The van der Waals surface area contributed by atoms with Gasteiger partial charge in [0.05, 0.1) is 16.3 Å². The number of aryl methyl sites for hydroxylation is 2. The number of para-hydroxylation sites is 1. The zero-order chi connectivity index (χ0) is 27.8. The molecular formula is C30H24N4O5. The van der Waals surface area contributed by atoms with Crippen LogP contribution in [-0.4, -0.2) is 27.3 Å². The van der Waals surface area contributed by atoms with Gasteiger partial charge in [0.15, 0.2) is 0 Å². The number of aromatic nitrogens is 1. The molecule has 0 radical (unpaired) electrons. The summed E-state index contributed by atoms with van der Waals surface area (Å²) in [6.45, 7) is 5.59. The lowest BCUT2D eigenvalue weighted by molar-refractivity contribution is -0.384. The molecule has 4 amide bonds. The Labute approximate surface area is 224 Å². The number of anilines is 2. The first-order chi connectivity index (χ1) is 18.7. The van der Waals surface area contributed by atoms with Crippen LogP contribution in [0.1, 0.15) is 22.5 Å². The van der Waals surface area contributed by atoms with Crippen molar-refractivity contribution in [3.63, 3.8) is 0 Å². The molecule has 39 heavy (non-hydrogen) atoms. The van der Waals surface area contributed by atoms with E-state index in [4.69, 9.17) is 0 Å². The molecule has 2 heterocycles. The van der Waals surface area contributed by atoms with E-state index in [1.807, 2.05) is 31.4 Å². The molecule has 9 heteroatoms. The van der Waals surface area contributed by atoms with E-state index in [9.17, 15) is 24.5 Å². The maximum atomic E-state index is 13.7. The van der Waals surface area contributed by atoms with Crippen LogP contribution in [0.25, 0.3) is 11.8 Å². The fraction of sp³-hybridized carbons (Fsp3) is 0.100. The fourth-order valence-electron chi connectivity index (χ4n) is 4.67. The Morgan fingerprint density at radius 3 is 1.82 bits per heavy atom. The van der Waals surface area contributed by atoms with Gasteiger partial charge in [0.2, 0.25) is 0 Å². The summed E-state index contributed by atoms with van der Waals surface area (Å²) in [6, 6.07) is 22.6. The van der Waals surface area contributed by atoms with Crippen molar-refractivity contribution >= 4 is 41.0 Å². The zero-order valence-corrected chi connectivity index (χ0v) is 21.5. The number of nitrogens with zero attached hydrogens (tertiary/aromatic N) is 4. The van der Waals surface area contributed by atoms with Crippen LogP contribution in [0, 0.1) is 30.9 Å². The predicted molar refractivity (Wildman–Crippen MR) is 148 cm³/mol. The molecule has 9 nitrogen and oxygen atoms in total. The lowest BCUT2D eigenvalue weighted by Crippen LogP contribution is -2.57. The first kappa shape index (κ1) is 25.3. The highest BCUT2D eigenvalue weighted by Crippen LogP contribution is 2.31. The number of imide groups is 2. The molecule has 1 saturated heterocycles. The van der Waals surface area contributed by atoms with Crippen LogP contribution in [0.15, 0.2) is 90.5 Å². The Kier molecular flexibility index (Phi) is 6.41. The topological polar surface area (TPSA) is 106 Å². The first-order valence-corrected chi connectivity index (χ1v) is 12.2. The van der Waals surface area contributed by atoms with Crippen molar-refractivity contribution in [1.29, 1.82) is 0 Å². The summed E-state index contributed by atoms with van der Waals surface area (Å²) in [5, 5.41) is 11.1. The highest BCUT2D eigenvalue weighted by atomic mass is 16.6. The Bertz CT molecular complexity index is 1650. The van der Waals surface area contributed by atoms with Gasteiger partial charge < -0.3 is 4.57 Å². The molecular weight excluding hydrogens is 496 g/mol. The third-order valence-corrected chi connectivity index (χ3v) is 6.64. The molecule has 0 unspecified atom stereocenters. The number of hydrogen-bond donors (Lipinski definition) is 0. The second-order valence-electron chi connectivity index (χ2n) is 9.23. The van der Waals surface area contributed by atoms with E-state index in [2.05, 4.69) is 0 Å². The number of carbonyl (C=O) groups excluding carboxylic acids is 3. The monoisotopic (exact) mass is 520 g/mol. The Morgan fingerprint density at radius 1 is 0.718 bits per heavy atom. The summed E-state index contributed by atoms with van der Waals surface area (Å²) in [5.74, 6) is -1.44. The van der Waals surface area contributed by atoms with E-state index in [1.165, 1.54) is 18.2 Å². The van der Waals surface area contributed by atoms with Gasteiger partial charge in [0, 0.05) is 29.2 Å². The smallest absolute Gasteiger partial charge is 0.318 e. The van der Waals surface area contributed by atoms with Gasteiger partial charge in [0.1, 0.15) is 5.57 Å². The van der Waals surface area contributed by atoms with Gasteiger partial charge in [-0.1, -0.05) is 35.9 Å². The van der Waals surface area contributed by atoms with Gasteiger partial charge in [0.25, 0.3) is 17.5 Å². The lowest BCUT2D eigenvalue weighted by Gasteiger charge is -2.34. The van der Waals surface area contributed by atoms with Crippen molar-refractivity contribution in [3.8, 4) is 5.69 Å². The molecule has 1 fully saturated rings. The molecule has 5 rings (SSSR count). The number of amides is 4. The number of nitro groups is 1. The summed E-state index contributed by atoms with van der Waals surface area (Å²) in [6.07, 6.45) is 1.50. The molecule has 0 N–H and O–H groups in total. The second kappa shape index (κ2) is 9.86. The van der Waals surface area contributed by atoms with Crippen molar-refractivity contribution in [2.24, 2.45) is 0 Å². The van der Waals surface area contributed by atoms with Crippen LogP contribution in [0.3, 0.4) is 0 Å². The molecule has 1 aromatic heterocycles. The molecule has 0 atom stereocenters. The van der Waals surface area contributed by atoms with E-state index in [-0.39, 0.29) is 11.3 Å². The highest BCUT2D eigenvalue weighted by molar-refractivity contribution is 6.46. The SMILES string of the molecule is Cc1ccc(N2C(=O)/C(=C\c3cc(C)n(-c4ccc([N+](=O)[O-])cc4)c3C)C(=O)N(c3ccccc3)C2=O)cc1. The van der Waals surface area contributed by atoms with Crippen molar-refractivity contribution < 1.29 is 19.3 Å². The van der Waals surface area contributed by atoms with Crippen LogP contribution in [0.4, 0.5) is 21.9 Å². The highest BCUT2D eigenvalue weighted by Gasteiger charge is 2.43. The summed E-state index contributed by atoms with van der Waals surface area (Å²) in [7, 11) is 0. The molecule has 0 spiro atoms. The molecule has 194 valence electrons. The van der Waals surface area contributed by atoms with Gasteiger partial charge in [-0.2, -0.15) is 0 Å². The molecule has 1 aliphatic heterocycles. The van der Waals surface area contributed by atoms with Gasteiger partial charge in [-0.25, -0.2) is 14.6 Å². The second-order valence-corrected chi connectivity index (χ2v) is 9.23. The Balaban J connectivity index is 1.62. The number of benzene rings is 3. The molecule has 3 aromatic carbocycles. The summed E-state index contributed by atoms with van der Waals surface area (Å²) in [4.78, 5) is 53.5. The third-order valence-electron chi connectivity index (χ3n) is 6.64. The van der Waals surface area contributed by atoms with Crippen molar-refractivity contribution in [2.75, 3.05) is 9.80 Å². The van der Waals surface area contributed by atoms with E-state index < -0.39 is 22.8 Å². The zero-order valence-electron chi connectivity index (χ0n) is 21.5. The number of hydrogen-bond acceptors (Lipinski definition) is 5. The third kappa shape index (κ3) is 4.50. The molecule has 0 bridgehead atoms. The maximum Gasteiger partial charge on any atom is 0.343 e. The van der Waals surface area contributed by atoms with E-state index >= 15 is 0 Å². The number of non-ortho nitro benzene ring substituents is 1. The standard InChI is InChI=1S/C30H24N4O5/c1-19-9-11-25(12-10-19)33-29(36)27(28(35)32(30(33)37)23-7-5-4-6-8-23)18-22-17-20(2)31(21(22)3)24-13-15-26(16-14-24)34(38)39/h4-18H,1-3H3/b27-18-. The Hall–Kier alpha value is -5.31. The largest absolute Gasteiger partial charge is 0.343 e. The number of rotatable bonds is 5. The van der Waals surface area contributed by atoms with Crippen molar-refractivity contribution in [1.82, 2.24) is 4.57 Å². The fourth-order valence-corrected chi connectivity index (χ4v) is 4.67. The minimum atomic E-state index is -0.756. The van der Waals surface area contributed by atoms with Gasteiger partial charge in [-0.3, -0.25) is 19.7 Å². The first-order valence-electron chi connectivity index (χ1n) is 12.2. The van der Waals surface area contributed by atoms with Crippen LogP contribution in [-0.2, 0) is 9.59 Å². The number of nitro benzene ring substituents is 1. The quantitative estimate of drug-likeness (QED) is 0.141. The van der Waals surface area contributed by atoms with Crippen LogP contribution >= 0.6 is 0 Å². The van der Waals surface area contributed by atoms with Gasteiger partial charge in [-0.15, -0.1) is 0 Å². The number of urea groups is 1. The summed E-state index contributed by atoms with van der Waals surface area (Å²) >= 11 is 0. The lowest BCUT2D eigenvalue weighted by atomic mass is 10.0. The van der Waals surface area contributed by atoms with E-state index in [1.54, 1.807) is 66.7 Å². The van der Waals surface area contributed by atoms with E-state index in [0.717, 1.165) is 26.8 Å². The predicted octanol–water partition coefficient (Wildman–Crippen LogP) is 5.89. The average Bonchev–Trinajstić information content (AvgIpc) is 3.20. The van der Waals surface area contributed by atoms with Crippen LogP contribution in [0.2, 0.25) is 0 Å². The van der Waals surface area contributed by atoms with Crippen LogP contribution in [0.5, 0.6) is 0 Å². The minimum Gasteiger partial charge on any atom is -0.318 e. The summed E-state index contributed by atoms with van der Waals surface area (Å²) in [5.41, 5.74) is 4.30. The van der Waals surface area contributed by atoms with Crippen molar-refractivity contribution in [3.05, 3.63) is 123 Å². The molecule has 0 saturated carbocycles. The Morgan fingerprint density at radius 2 is 1.26 bits per heavy atom. The van der Waals surface area contributed by atoms with E-state index in [0.29, 0.717) is 22.6 Å². The minimum absolute atomic E-state index is 0.0242. The van der Waals surface area contributed by atoms with Gasteiger partial charge >= 0.3 is 6.03 Å². The van der Waals surface area contributed by atoms with Crippen molar-refractivity contribution in [2.45, 2.75) is 20.8 Å². The number of barbiturate groups is 1.